The second-order valence-corrected chi connectivity index (χ2v) is 7.70. The zero-order valence-corrected chi connectivity index (χ0v) is 19.0. The molecule has 0 radical (unpaired) electrons. The van der Waals surface area contributed by atoms with Crippen molar-refractivity contribution in [3.8, 4) is 11.3 Å². The van der Waals surface area contributed by atoms with Crippen LogP contribution in [0.4, 0.5) is 0 Å². The Hall–Kier alpha value is -3.16. The molecule has 2 unspecified atom stereocenters. The van der Waals surface area contributed by atoms with Gasteiger partial charge in [-0.25, -0.2) is 4.98 Å². The Morgan fingerprint density at radius 1 is 1.16 bits per heavy atom. The number of aromatic amines is 1. The van der Waals surface area contributed by atoms with E-state index in [0.29, 0.717) is 12.5 Å². The van der Waals surface area contributed by atoms with Gasteiger partial charge in [0.15, 0.2) is 5.96 Å². The van der Waals surface area contributed by atoms with Crippen LogP contribution < -0.4 is 5.32 Å². The zero-order chi connectivity index (χ0) is 22.8. The van der Waals surface area contributed by atoms with E-state index in [2.05, 4.69) is 32.4 Å². The van der Waals surface area contributed by atoms with Crippen molar-refractivity contribution in [2.75, 3.05) is 26.7 Å². The van der Waals surface area contributed by atoms with Crippen LogP contribution in [-0.4, -0.2) is 58.8 Å². The van der Waals surface area contributed by atoms with Crippen LogP contribution in [0.15, 0.2) is 71.9 Å². The molecule has 0 saturated carbocycles. The van der Waals surface area contributed by atoms with E-state index in [4.69, 9.17) is 4.74 Å². The number of benzene rings is 2. The van der Waals surface area contributed by atoms with Crippen LogP contribution in [0.1, 0.15) is 31.3 Å². The summed E-state index contributed by atoms with van der Waals surface area (Å²) in [5.74, 6) is 1.55. The molecule has 0 bridgehead atoms. The molecule has 3 N–H and O–H groups in total. The van der Waals surface area contributed by atoms with E-state index in [0.717, 1.165) is 29.2 Å². The van der Waals surface area contributed by atoms with E-state index < -0.39 is 6.10 Å². The highest BCUT2D eigenvalue weighted by molar-refractivity contribution is 5.79. The zero-order valence-electron chi connectivity index (χ0n) is 19.0. The average molecular weight is 436 g/mol. The molecule has 7 heteroatoms. The highest BCUT2D eigenvalue weighted by Crippen LogP contribution is 2.17. The molecule has 0 aliphatic rings. The number of hydrogen-bond donors (Lipinski definition) is 3. The van der Waals surface area contributed by atoms with Gasteiger partial charge >= 0.3 is 0 Å². The fourth-order valence-electron chi connectivity index (χ4n) is 3.30. The number of imidazole rings is 1. The molecule has 0 fully saturated rings. The predicted octanol–water partition coefficient (Wildman–Crippen LogP) is 3.61. The van der Waals surface area contributed by atoms with E-state index in [1.165, 1.54) is 0 Å². The maximum atomic E-state index is 10.4. The Labute approximate surface area is 190 Å². The lowest BCUT2D eigenvalue weighted by Crippen LogP contribution is -2.39. The Balaban J connectivity index is 1.53. The number of hydrogen-bond acceptors (Lipinski definition) is 4. The highest BCUT2D eigenvalue weighted by atomic mass is 16.5. The van der Waals surface area contributed by atoms with Crippen molar-refractivity contribution >= 4 is 5.96 Å². The van der Waals surface area contributed by atoms with Gasteiger partial charge in [-0.3, -0.25) is 4.99 Å². The third kappa shape index (κ3) is 6.93. The van der Waals surface area contributed by atoms with Crippen LogP contribution in [-0.2, 0) is 11.3 Å². The van der Waals surface area contributed by atoms with E-state index in [9.17, 15) is 5.11 Å². The minimum absolute atomic E-state index is 0.0801. The van der Waals surface area contributed by atoms with E-state index >= 15 is 0 Å². The highest BCUT2D eigenvalue weighted by Gasteiger charge is 2.13. The summed E-state index contributed by atoms with van der Waals surface area (Å²) in [5.41, 5.74) is 3.17. The SMILES string of the molecule is CCNC(=NCC(O)COC(C)c1ccccc1)N(C)Cc1ncc(-c2ccccc2)[nH]1. The third-order valence-corrected chi connectivity index (χ3v) is 5.06. The fourth-order valence-corrected chi connectivity index (χ4v) is 3.30. The summed E-state index contributed by atoms with van der Waals surface area (Å²) in [6.07, 6.45) is 1.08. The van der Waals surface area contributed by atoms with Crippen LogP contribution in [0.2, 0.25) is 0 Å². The van der Waals surface area contributed by atoms with Crippen molar-refractivity contribution in [3.63, 3.8) is 0 Å². The van der Waals surface area contributed by atoms with Crippen molar-refractivity contribution in [1.82, 2.24) is 20.2 Å². The molecule has 0 aliphatic heterocycles. The van der Waals surface area contributed by atoms with Gasteiger partial charge in [-0.05, 0) is 25.0 Å². The molecular weight excluding hydrogens is 402 g/mol. The van der Waals surface area contributed by atoms with Gasteiger partial charge in [-0.1, -0.05) is 60.7 Å². The Kier molecular flexibility index (Phi) is 8.83. The van der Waals surface area contributed by atoms with Crippen LogP contribution in [0.25, 0.3) is 11.3 Å². The maximum Gasteiger partial charge on any atom is 0.194 e. The molecule has 3 aromatic rings. The van der Waals surface area contributed by atoms with Crippen molar-refractivity contribution < 1.29 is 9.84 Å². The number of H-pyrrole nitrogens is 1. The van der Waals surface area contributed by atoms with E-state index in [-0.39, 0.29) is 19.3 Å². The molecular formula is C25H33N5O2. The minimum atomic E-state index is -0.684. The normalized spacial score (nSPS) is 13.6. The number of rotatable bonds is 10. The number of nitrogens with zero attached hydrogens (tertiary/aromatic N) is 3. The molecule has 170 valence electrons. The van der Waals surface area contributed by atoms with Crippen LogP contribution in [0.5, 0.6) is 0 Å². The number of guanidine groups is 1. The van der Waals surface area contributed by atoms with E-state index in [1.807, 2.05) is 80.5 Å². The van der Waals surface area contributed by atoms with Crippen LogP contribution in [0.3, 0.4) is 0 Å². The lowest BCUT2D eigenvalue weighted by molar-refractivity contribution is 0.00106. The van der Waals surface area contributed by atoms with Crippen molar-refractivity contribution in [3.05, 3.63) is 78.2 Å². The Bertz CT molecular complexity index is 959. The number of aromatic nitrogens is 2. The van der Waals surface area contributed by atoms with Gasteiger partial charge in [0.1, 0.15) is 5.82 Å². The molecule has 0 amide bonds. The Morgan fingerprint density at radius 3 is 2.53 bits per heavy atom. The molecule has 2 aromatic carbocycles. The average Bonchev–Trinajstić information content (AvgIpc) is 3.29. The first kappa shape index (κ1) is 23.5. The molecule has 32 heavy (non-hydrogen) atoms. The summed E-state index contributed by atoms with van der Waals surface area (Å²) in [7, 11) is 1.95. The second kappa shape index (κ2) is 12.0. The Morgan fingerprint density at radius 2 is 1.84 bits per heavy atom. The second-order valence-electron chi connectivity index (χ2n) is 7.70. The van der Waals surface area contributed by atoms with Gasteiger partial charge in [0.25, 0.3) is 0 Å². The number of ether oxygens (including phenoxy) is 1. The van der Waals surface area contributed by atoms with Gasteiger partial charge in [0.05, 0.1) is 43.8 Å². The van der Waals surface area contributed by atoms with Crippen LogP contribution >= 0.6 is 0 Å². The predicted molar refractivity (Wildman–Crippen MR) is 128 cm³/mol. The van der Waals surface area contributed by atoms with Gasteiger partial charge < -0.3 is 25.0 Å². The summed E-state index contributed by atoms with van der Waals surface area (Å²) in [4.78, 5) is 14.4. The molecule has 1 heterocycles. The van der Waals surface area contributed by atoms with Gasteiger partial charge in [-0.2, -0.15) is 0 Å². The lowest BCUT2D eigenvalue weighted by Gasteiger charge is -2.22. The summed E-state index contributed by atoms with van der Waals surface area (Å²) < 4.78 is 5.81. The molecule has 2 atom stereocenters. The van der Waals surface area contributed by atoms with Gasteiger partial charge in [0, 0.05) is 13.6 Å². The molecule has 0 spiro atoms. The molecule has 3 rings (SSSR count). The lowest BCUT2D eigenvalue weighted by atomic mass is 10.1. The number of nitrogens with one attached hydrogen (secondary N) is 2. The monoisotopic (exact) mass is 435 g/mol. The number of aliphatic imine (C=N–C) groups is 1. The van der Waals surface area contributed by atoms with Gasteiger partial charge in [0.2, 0.25) is 0 Å². The number of aliphatic hydroxyl groups is 1. The first-order valence-corrected chi connectivity index (χ1v) is 11.0. The molecule has 7 nitrogen and oxygen atoms in total. The summed E-state index contributed by atoms with van der Waals surface area (Å²) >= 11 is 0. The first-order valence-electron chi connectivity index (χ1n) is 11.0. The van der Waals surface area contributed by atoms with Gasteiger partial charge in [-0.15, -0.1) is 0 Å². The number of aliphatic hydroxyl groups excluding tert-OH is 1. The molecule has 0 saturated heterocycles. The summed E-state index contributed by atoms with van der Waals surface area (Å²) in [6.45, 7) is 5.77. The quantitative estimate of drug-likeness (QED) is 0.335. The van der Waals surface area contributed by atoms with E-state index in [1.54, 1.807) is 0 Å². The summed E-state index contributed by atoms with van der Waals surface area (Å²) in [6, 6.07) is 20.1. The van der Waals surface area contributed by atoms with Crippen LogP contribution in [0, 0.1) is 0 Å². The van der Waals surface area contributed by atoms with Crippen molar-refractivity contribution in [2.24, 2.45) is 4.99 Å². The maximum absolute atomic E-state index is 10.4. The first-order chi connectivity index (χ1) is 15.6. The topological polar surface area (TPSA) is 85.8 Å². The fraction of sp³-hybridized carbons (Fsp3) is 0.360. The minimum Gasteiger partial charge on any atom is -0.389 e. The smallest absolute Gasteiger partial charge is 0.194 e. The largest absolute Gasteiger partial charge is 0.389 e. The molecule has 0 aliphatic carbocycles. The third-order valence-electron chi connectivity index (χ3n) is 5.06. The van der Waals surface area contributed by atoms with Crippen molar-refractivity contribution in [1.29, 1.82) is 0 Å². The van der Waals surface area contributed by atoms with Crippen molar-refractivity contribution in [2.45, 2.75) is 32.6 Å². The molecule has 1 aromatic heterocycles. The standard InChI is InChI=1S/C25H33N5O2/c1-4-26-25(28-15-22(31)18-32-19(2)20-11-7-5-8-12-20)30(3)17-24-27-16-23(29-24)21-13-9-6-10-14-21/h5-14,16,19,22,31H,4,15,17-18H2,1-3H3,(H,26,28)(H,27,29). The summed E-state index contributed by atoms with van der Waals surface area (Å²) in [5, 5.41) is 13.6.